The largest absolute Gasteiger partial charge is 0.321 e. The second kappa shape index (κ2) is 6.30. The summed E-state index contributed by atoms with van der Waals surface area (Å²) in [5, 5.41) is 5.31. The fraction of sp³-hybridized carbons (Fsp3) is 0. The molecular formula is C17H11ClFNOS. The molecule has 2 nitrogen and oxygen atoms in total. The molecule has 5 heteroatoms. The van der Waals surface area contributed by atoms with Gasteiger partial charge in [0.25, 0.3) is 5.91 Å². The van der Waals surface area contributed by atoms with Crippen LogP contribution in [-0.2, 0) is 0 Å². The molecule has 22 heavy (non-hydrogen) atoms. The van der Waals surface area contributed by atoms with E-state index in [9.17, 15) is 9.18 Å². The van der Waals surface area contributed by atoms with Gasteiger partial charge in [-0.05, 0) is 36.4 Å². The number of carbonyl (C=O) groups is 1. The average Bonchev–Trinajstić information content (AvgIpc) is 2.96. The Morgan fingerprint density at radius 2 is 1.82 bits per heavy atom. The molecule has 1 N–H and O–H groups in total. The number of hydrogen-bond acceptors (Lipinski definition) is 2. The van der Waals surface area contributed by atoms with Crippen LogP contribution in [0, 0.1) is 5.82 Å². The maximum atomic E-state index is 12.9. The van der Waals surface area contributed by atoms with Gasteiger partial charge in [-0.2, -0.15) is 0 Å². The van der Waals surface area contributed by atoms with Crippen molar-refractivity contribution in [3.05, 3.63) is 76.4 Å². The predicted octanol–water partition coefficient (Wildman–Crippen LogP) is 5.46. The second-order valence-electron chi connectivity index (χ2n) is 4.64. The van der Waals surface area contributed by atoms with E-state index >= 15 is 0 Å². The van der Waals surface area contributed by atoms with E-state index in [0.29, 0.717) is 16.3 Å². The van der Waals surface area contributed by atoms with Crippen LogP contribution in [0.15, 0.2) is 60.0 Å². The first kappa shape index (κ1) is 14.8. The summed E-state index contributed by atoms with van der Waals surface area (Å²) in [7, 11) is 0. The molecule has 1 heterocycles. The molecule has 2 aromatic carbocycles. The second-order valence-corrected chi connectivity index (χ2v) is 5.96. The highest BCUT2D eigenvalue weighted by Crippen LogP contribution is 2.34. The average molecular weight is 332 g/mol. The Balaban J connectivity index is 1.78. The van der Waals surface area contributed by atoms with Crippen LogP contribution in [0.25, 0.3) is 10.4 Å². The molecule has 0 atom stereocenters. The van der Waals surface area contributed by atoms with E-state index in [4.69, 9.17) is 11.6 Å². The number of carbonyl (C=O) groups excluding carboxylic acids is 1. The summed E-state index contributed by atoms with van der Waals surface area (Å²) in [4.78, 5) is 13.1. The summed E-state index contributed by atoms with van der Waals surface area (Å²) in [6.45, 7) is 0. The molecule has 0 aliphatic rings. The van der Waals surface area contributed by atoms with E-state index in [2.05, 4.69) is 5.32 Å². The van der Waals surface area contributed by atoms with E-state index < -0.39 is 0 Å². The van der Waals surface area contributed by atoms with Crippen LogP contribution >= 0.6 is 22.9 Å². The van der Waals surface area contributed by atoms with E-state index in [1.807, 2.05) is 35.7 Å². The highest BCUT2D eigenvalue weighted by atomic mass is 35.5. The molecule has 3 aromatic rings. The summed E-state index contributed by atoms with van der Waals surface area (Å²) in [5.74, 6) is -0.642. The minimum atomic E-state index is -0.368. The first-order chi connectivity index (χ1) is 10.6. The van der Waals surface area contributed by atoms with Crippen molar-refractivity contribution < 1.29 is 9.18 Å². The Kier molecular flexibility index (Phi) is 4.22. The first-order valence-electron chi connectivity index (χ1n) is 6.54. The van der Waals surface area contributed by atoms with E-state index in [1.54, 1.807) is 0 Å². The maximum absolute atomic E-state index is 12.9. The number of rotatable bonds is 3. The number of nitrogens with one attached hydrogen (secondary N) is 1. The van der Waals surface area contributed by atoms with Crippen LogP contribution in [-0.4, -0.2) is 5.91 Å². The van der Waals surface area contributed by atoms with Gasteiger partial charge in [0.15, 0.2) is 0 Å². The molecule has 0 aliphatic heterocycles. The molecule has 1 amide bonds. The third kappa shape index (κ3) is 3.18. The smallest absolute Gasteiger partial charge is 0.255 e. The minimum Gasteiger partial charge on any atom is -0.321 e. The Bertz CT molecular complexity index is 814. The lowest BCUT2D eigenvalue weighted by Crippen LogP contribution is -2.11. The van der Waals surface area contributed by atoms with E-state index in [1.165, 1.54) is 35.6 Å². The van der Waals surface area contributed by atoms with Crippen molar-refractivity contribution in [2.24, 2.45) is 0 Å². The SMILES string of the molecule is O=C(Nc1csc(-c2ccccc2Cl)c1)c1ccc(F)cc1. The van der Waals surface area contributed by atoms with Crippen molar-refractivity contribution in [1.82, 2.24) is 0 Å². The summed E-state index contributed by atoms with van der Waals surface area (Å²) >= 11 is 7.67. The summed E-state index contributed by atoms with van der Waals surface area (Å²) in [6, 6.07) is 14.8. The highest BCUT2D eigenvalue weighted by Gasteiger charge is 2.10. The van der Waals surface area contributed by atoms with Crippen molar-refractivity contribution in [3.8, 4) is 10.4 Å². The molecule has 1 aromatic heterocycles. The van der Waals surface area contributed by atoms with Gasteiger partial charge in [0.2, 0.25) is 0 Å². The van der Waals surface area contributed by atoms with Gasteiger partial charge in [-0.1, -0.05) is 29.8 Å². The molecule has 0 spiro atoms. The van der Waals surface area contributed by atoms with Gasteiger partial charge >= 0.3 is 0 Å². The number of hydrogen-bond donors (Lipinski definition) is 1. The van der Waals surface area contributed by atoms with Crippen molar-refractivity contribution in [1.29, 1.82) is 0 Å². The van der Waals surface area contributed by atoms with Crippen LogP contribution in [0.2, 0.25) is 5.02 Å². The van der Waals surface area contributed by atoms with Gasteiger partial charge in [0, 0.05) is 26.4 Å². The molecule has 0 bridgehead atoms. The lowest BCUT2D eigenvalue weighted by Gasteiger charge is -2.03. The quantitative estimate of drug-likeness (QED) is 0.678. The monoisotopic (exact) mass is 331 g/mol. The number of amides is 1. The molecule has 0 radical (unpaired) electrons. The molecule has 0 saturated heterocycles. The normalized spacial score (nSPS) is 10.5. The maximum Gasteiger partial charge on any atom is 0.255 e. The molecular weight excluding hydrogens is 321 g/mol. The standard InChI is InChI=1S/C17H11ClFNOS/c18-15-4-2-1-3-14(15)16-9-13(10-22-16)20-17(21)11-5-7-12(19)8-6-11/h1-10H,(H,20,21). The fourth-order valence-corrected chi connectivity index (χ4v) is 3.18. The zero-order valence-electron chi connectivity index (χ0n) is 11.3. The number of thiophene rings is 1. The van der Waals surface area contributed by atoms with Crippen LogP contribution in [0.1, 0.15) is 10.4 Å². The van der Waals surface area contributed by atoms with Crippen molar-refractivity contribution in [2.75, 3.05) is 5.32 Å². The summed E-state index contributed by atoms with van der Waals surface area (Å²) in [5.41, 5.74) is 2.03. The number of halogens is 2. The zero-order chi connectivity index (χ0) is 15.5. The van der Waals surface area contributed by atoms with Crippen LogP contribution < -0.4 is 5.32 Å². The Hall–Kier alpha value is -2.17. The van der Waals surface area contributed by atoms with Crippen LogP contribution in [0.5, 0.6) is 0 Å². The summed E-state index contributed by atoms with van der Waals surface area (Å²) < 4.78 is 12.9. The topological polar surface area (TPSA) is 29.1 Å². The molecule has 0 unspecified atom stereocenters. The lowest BCUT2D eigenvalue weighted by molar-refractivity contribution is 0.102. The molecule has 0 fully saturated rings. The predicted molar refractivity (Wildman–Crippen MR) is 89.1 cm³/mol. The first-order valence-corrected chi connectivity index (χ1v) is 7.79. The highest BCUT2D eigenvalue weighted by molar-refractivity contribution is 7.14. The van der Waals surface area contributed by atoms with Crippen LogP contribution in [0.4, 0.5) is 10.1 Å². The number of anilines is 1. The Morgan fingerprint density at radius 1 is 1.09 bits per heavy atom. The van der Waals surface area contributed by atoms with Gasteiger partial charge in [0.1, 0.15) is 5.82 Å². The van der Waals surface area contributed by atoms with E-state index in [0.717, 1.165) is 10.4 Å². The fourth-order valence-electron chi connectivity index (χ4n) is 2.01. The third-order valence-corrected chi connectivity index (χ3v) is 4.40. The van der Waals surface area contributed by atoms with Gasteiger partial charge < -0.3 is 5.32 Å². The van der Waals surface area contributed by atoms with E-state index in [-0.39, 0.29) is 11.7 Å². The van der Waals surface area contributed by atoms with Crippen molar-refractivity contribution >= 4 is 34.5 Å². The molecule has 3 rings (SSSR count). The summed E-state index contributed by atoms with van der Waals surface area (Å²) in [6.07, 6.45) is 0. The number of benzene rings is 2. The van der Waals surface area contributed by atoms with Crippen molar-refractivity contribution in [2.45, 2.75) is 0 Å². The molecule has 0 aliphatic carbocycles. The van der Waals surface area contributed by atoms with Crippen molar-refractivity contribution in [3.63, 3.8) is 0 Å². The Morgan fingerprint density at radius 3 is 2.55 bits per heavy atom. The molecule has 110 valence electrons. The minimum absolute atomic E-state index is 0.275. The van der Waals surface area contributed by atoms with Gasteiger partial charge in [-0.3, -0.25) is 4.79 Å². The third-order valence-electron chi connectivity index (χ3n) is 3.10. The zero-order valence-corrected chi connectivity index (χ0v) is 12.9. The lowest BCUT2D eigenvalue weighted by atomic mass is 10.2. The Labute approximate surface area is 136 Å². The van der Waals surface area contributed by atoms with Gasteiger partial charge in [0.05, 0.1) is 5.69 Å². The molecule has 0 saturated carbocycles. The van der Waals surface area contributed by atoms with Crippen LogP contribution in [0.3, 0.4) is 0 Å². The van der Waals surface area contributed by atoms with Gasteiger partial charge in [-0.25, -0.2) is 4.39 Å². The van der Waals surface area contributed by atoms with Gasteiger partial charge in [-0.15, -0.1) is 11.3 Å².